The SMILES string of the molecule is CC1CCN(C(=O)C(C)Sc2ccc([N+](=O)[O-])cc2)C(C(=O)O)C1. The number of hydrogen-bond acceptors (Lipinski definition) is 5. The first-order chi connectivity index (χ1) is 11.3. The number of benzene rings is 1. The summed E-state index contributed by atoms with van der Waals surface area (Å²) >= 11 is 1.27. The highest BCUT2D eigenvalue weighted by Crippen LogP contribution is 2.29. The van der Waals surface area contributed by atoms with Gasteiger partial charge in [-0.25, -0.2) is 4.79 Å². The van der Waals surface area contributed by atoms with Crippen molar-refractivity contribution >= 4 is 29.3 Å². The van der Waals surface area contributed by atoms with Gasteiger partial charge in [0.05, 0.1) is 10.2 Å². The number of hydrogen-bond donors (Lipinski definition) is 1. The highest BCUT2D eigenvalue weighted by Gasteiger charge is 2.36. The molecule has 1 heterocycles. The maximum Gasteiger partial charge on any atom is 0.326 e. The van der Waals surface area contributed by atoms with Gasteiger partial charge in [-0.3, -0.25) is 14.9 Å². The van der Waals surface area contributed by atoms with Gasteiger partial charge < -0.3 is 10.0 Å². The van der Waals surface area contributed by atoms with E-state index in [0.717, 1.165) is 11.3 Å². The monoisotopic (exact) mass is 352 g/mol. The third-order valence-electron chi connectivity index (χ3n) is 4.14. The number of nitro benzene ring substituents is 1. The van der Waals surface area contributed by atoms with Crippen LogP contribution in [-0.4, -0.2) is 44.6 Å². The largest absolute Gasteiger partial charge is 0.480 e. The molecule has 2 rings (SSSR count). The summed E-state index contributed by atoms with van der Waals surface area (Å²) in [5.41, 5.74) is -0.00529. The lowest BCUT2D eigenvalue weighted by atomic mass is 9.92. The molecular weight excluding hydrogens is 332 g/mol. The Labute approximate surface area is 144 Å². The molecule has 1 saturated heterocycles. The smallest absolute Gasteiger partial charge is 0.326 e. The number of carbonyl (C=O) groups excluding carboxylic acids is 1. The number of nitro groups is 1. The van der Waals surface area contributed by atoms with E-state index in [1.165, 1.54) is 28.8 Å². The van der Waals surface area contributed by atoms with E-state index in [1.54, 1.807) is 19.1 Å². The number of nitrogens with zero attached hydrogens (tertiary/aromatic N) is 2. The number of piperidine rings is 1. The summed E-state index contributed by atoms with van der Waals surface area (Å²) in [5, 5.41) is 19.6. The van der Waals surface area contributed by atoms with Crippen molar-refractivity contribution in [2.45, 2.75) is 42.9 Å². The zero-order valence-corrected chi connectivity index (χ0v) is 14.4. The second kappa shape index (κ2) is 7.65. The average Bonchev–Trinajstić information content (AvgIpc) is 2.54. The number of amides is 1. The van der Waals surface area contributed by atoms with Crippen LogP contribution in [0.2, 0.25) is 0 Å². The maximum atomic E-state index is 12.6. The van der Waals surface area contributed by atoms with Gasteiger partial charge in [0.15, 0.2) is 0 Å². The Morgan fingerprint density at radius 3 is 2.54 bits per heavy atom. The van der Waals surface area contributed by atoms with Crippen molar-refractivity contribution in [3.05, 3.63) is 34.4 Å². The Hall–Kier alpha value is -2.09. The summed E-state index contributed by atoms with van der Waals surface area (Å²) in [4.78, 5) is 36.4. The van der Waals surface area contributed by atoms with Crippen LogP contribution in [-0.2, 0) is 9.59 Å². The lowest BCUT2D eigenvalue weighted by Gasteiger charge is -2.37. The highest BCUT2D eigenvalue weighted by molar-refractivity contribution is 8.00. The second-order valence-electron chi connectivity index (χ2n) is 6.03. The summed E-state index contributed by atoms with van der Waals surface area (Å²) < 4.78 is 0. The van der Waals surface area contributed by atoms with Crippen LogP contribution in [0.25, 0.3) is 0 Å². The molecule has 1 fully saturated rings. The summed E-state index contributed by atoms with van der Waals surface area (Å²) in [6.07, 6.45) is 1.26. The molecule has 3 unspecified atom stereocenters. The van der Waals surface area contributed by atoms with Crippen molar-refractivity contribution < 1.29 is 19.6 Å². The first-order valence-electron chi connectivity index (χ1n) is 7.74. The Morgan fingerprint density at radius 1 is 1.38 bits per heavy atom. The normalized spacial score (nSPS) is 22.0. The van der Waals surface area contributed by atoms with Gasteiger partial charge >= 0.3 is 5.97 Å². The van der Waals surface area contributed by atoms with Gasteiger partial charge in [-0.1, -0.05) is 6.92 Å². The highest BCUT2D eigenvalue weighted by atomic mass is 32.2. The van der Waals surface area contributed by atoms with Gasteiger partial charge in [-0.2, -0.15) is 0 Å². The zero-order valence-electron chi connectivity index (χ0n) is 13.5. The predicted molar refractivity (Wildman–Crippen MR) is 90.0 cm³/mol. The fraction of sp³-hybridized carbons (Fsp3) is 0.500. The van der Waals surface area contributed by atoms with Gasteiger partial charge in [0, 0.05) is 23.6 Å². The van der Waals surface area contributed by atoms with E-state index < -0.39 is 22.2 Å². The lowest BCUT2D eigenvalue weighted by molar-refractivity contribution is -0.384. The maximum absolute atomic E-state index is 12.6. The molecule has 24 heavy (non-hydrogen) atoms. The average molecular weight is 352 g/mol. The van der Waals surface area contributed by atoms with Crippen molar-refractivity contribution in [3.8, 4) is 0 Å². The molecule has 1 aliphatic rings. The summed E-state index contributed by atoms with van der Waals surface area (Å²) in [6.45, 7) is 4.17. The Balaban J connectivity index is 2.05. The first-order valence-corrected chi connectivity index (χ1v) is 8.62. The van der Waals surface area contributed by atoms with Crippen LogP contribution in [0.3, 0.4) is 0 Å². The molecule has 0 aliphatic carbocycles. The van der Waals surface area contributed by atoms with Crippen molar-refractivity contribution in [3.63, 3.8) is 0 Å². The number of carboxylic acids is 1. The van der Waals surface area contributed by atoms with E-state index in [4.69, 9.17) is 0 Å². The second-order valence-corrected chi connectivity index (χ2v) is 7.44. The van der Waals surface area contributed by atoms with Crippen LogP contribution in [0.4, 0.5) is 5.69 Å². The van der Waals surface area contributed by atoms with E-state index >= 15 is 0 Å². The van der Waals surface area contributed by atoms with Crippen molar-refractivity contribution in [1.29, 1.82) is 0 Å². The van der Waals surface area contributed by atoms with Gasteiger partial charge in [0.25, 0.3) is 5.69 Å². The minimum absolute atomic E-state index is 0.00529. The van der Waals surface area contributed by atoms with Crippen LogP contribution in [0.15, 0.2) is 29.2 Å². The van der Waals surface area contributed by atoms with Crippen LogP contribution in [0.5, 0.6) is 0 Å². The summed E-state index contributed by atoms with van der Waals surface area (Å²) in [7, 11) is 0. The molecule has 0 saturated carbocycles. The quantitative estimate of drug-likeness (QED) is 0.497. The predicted octanol–water partition coefficient (Wildman–Crippen LogP) is 2.79. The zero-order chi connectivity index (χ0) is 17.9. The molecule has 1 aromatic rings. The van der Waals surface area contributed by atoms with Crippen LogP contribution in [0, 0.1) is 16.0 Å². The third-order valence-corrected chi connectivity index (χ3v) is 5.24. The molecule has 130 valence electrons. The molecule has 1 amide bonds. The molecule has 0 radical (unpaired) electrons. The molecule has 8 heteroatoms. The van der Waals surface area contributed by atoms with Crippen molar-refractivity contribution in [2.75, 3.05) is 6.54 Å². The molecule has 0 aromatic heterocycles. The molecule has 3 atom stereocenters. The fourth-order valence-corrected chi connectivity index (χ4v) is 3.71. The summed E-state index contributed by atoms with van der Waals surface area (Å²) in [6, 6.07) is 5.20. The number of non-ortho nitro benzene ring substituents is 1. The van der Waals surface area contributed by atoms with Crippen LogP contribution < -0.4 is 0 Å². The fourth-order valence-electron chi connectivity index (χ4n) is 2.77. The van der Waals surface area contributed by atoms with E-state index in [9.17, 15) is 24.8 Å². The van der Waals surface area contributed by atoms with Crippen LogP contribution >= 0.6 is 11.8 Å². The van der Waals surface area contributed by atoms with Gasteiger partial charge in [-0.05, 0) is 37.8 Å². The number of carboxylic acid groups (broad SMARTS) is 1. The molecular formula is C16H20N2O5S. The summed E-state index contributed by atoms with van der Waals surface area (Å²) in [5.74, 6) is -0.895. The topological polar surface area (TPSA) is 101 Å². The number of rotatable bonds is 5. The van der Waals surface area contributed by atoms with Gasteiger partial charge in [-0.15, -0.1) is 11.8 Å². The molecule has 7 nitrogen and oxygen atoms in total. The Morgan fingerprint density at radius 2 is 2.00 bits per heavy atom. The number of likely N-dealkylation sites (tertiary alicyclic amines) is 1. The van der Waals surface area contributed by atoms with E-state index in [2.05, 4.69) is 0 Å². The number of aliphatic carboxylic acids is 1. The van der Waals surface area contributed by atoms with Crippen molar-refractivity contribution in [2.24, 2.45) is 5.92 Å². The van der Waals surface area contributed by atoms with Gasteiger partial charge in [0.2, 0.25) is 5.91 Å². The van der Waals surface area contributed by atoms with Gasteiger partial charge in [0.1, 0.15) is 6.04 Å². The van der Waals surface area contributed by atoms with E-state index in [-0.39, 0.29) is 17.5 Å². The minimum atomic E-state index is -0.970. The van der Waals surface area contributed by atoms with E-state index in [0.29, 0.717) is 13.0 Å². The molecule has 0 bridgehead atoms. The standard InChI is InChI=1S/C16H20N2O5S/c1-10-7-8-17(14(9-10)16(20)21)15(19)11(2)24-13-5-3-12(4-6-13)18(22)23/h3-6,10-11,14H,7-9H2,1-2H3,(H,20,21). The number of thioether (sulfide) groups is 1. The number of carbonyl (C=O) groups is 2. The Kier molecular flexibility index (Phi) is 5.82. The molecule has 1 aliphatic heterocycles. The third kappa shape index (κ3) is 4.25. The molecule has 1 N–H and O–H groups in total. The molecule has 0 spiro atoms. The lowest BCUT2D eigenvalue weighted by Crippen LogP contribution is -2.52. The van der Waals surface area contributed by atoms with Crippen LogP contribution in [0.1, 0.15) is 26.7 Å². The van der Waals surface area contributed by atoms with Crippen molar-refractivity contribution in [1.82, 2.24) is 4.90 Å². The first kappa shape index (κ1) is 18.3. The minimum Gasteiger partial charge on any atom is -0.480 e. The van der Waals surface area contributed by atoms with E-state index in [1.807, 2.05) is 6.92 Å². The Bertz CT molecular complexity index is 634. The molecule has 1 aromatic carbocycles.